The van der Waals surface area contributed by atoms with Crippen molar-refractivity contribution in [1.29, 1.82) is 0 Å². The van der Waals surface area contributed by atoms with Crippen molar-refractivity contribution in [2.24, 2.45) is 0 Å². The van der Waals surface area contributed by atoms with Crippen LogP contribution in [0.2, 0.25) is 0 Å². The fourth-order valence-corrected chi connectivity index (χ4v) is 4.92. The van der Waals surface area contributed by atoms with Crippen molar-refractivity contribution in [2.45, 2.75) is 32.4 Å². The number of benzene rings is 2. The molecule has 2 aliphatic rings. The first-order chi connectivity index (χ1) is 18.2. The Kier molecular flexibility index (Phi) is 6.45. The quantitative estimate of drug-likeness (QED) is 0.498. The van der Waals surface area contributed by atoms with Crippen LogP contribution in [0.5, 0.6) is 0 Å². The van der Waals surface area contributed by atoms with Gasteiger partial charge in [0, 0.05) is 49.7 Å². The van der Waals surface area contributed by atoms with E-state index in [1.807, 2.05) is 23.8 Å². The van der Waals surface area contributed by atoms with E-state index in [0.717, 1.165) is 18.0 Å². The van der Waals surface area contributed by atoms with Crippen LogP contribution in [0.1, 0.15) is 30.3 Å². The van der Waals surface area contributed by atoms with Gasteiger partial charge in [0.05, 0.1) is 6.42 Å². The Labute approximate surface area is 218 Å². The third kappa shape index (κ3) is 4.41. The summed E-state index contributed by atoms with van der Waals surface area (Å²) < 4.78 is 32.2. The molecule has 5 rings (SSSR count). The van der Waals surface area contributed by atoms with Gasteiger partial charge in [0.2, 0.25) is 11.8 Å². The average Bonchev–Trinajstić information content (AvgIpc) is 3.30. The number of fused-ring (bicyclic) bond motifs is 1. The van der Waals surface area contributed by atoms with E-state index in [0.29, 0.717) is 23.6 Å². The Hall–Kier alpha value is -4.52. The van der Waals surface area contributed by atoms with Gasteiger partial charge in [-0.1, -0.05) is 30.0 Å². The highest BCUT2D eigenvalue weighted by Crippen LogP contribution is 2.37. The van der Waals surface area contributed by atoms with E-state index in [1.165, 1.54) is 11.8 Å². The number of carbonyl (C=O) groups is 3. The van der Waals surface area contributed by atoms with Crippen molar-refractivity contribution < 1.29 is 23.2 Å². The van der Waals surface area contributed by atoms with Crippen LogP contribution in [0.15, 0.2) is 54.9 Å². The van der Waals surface area contributed by atoms with Crippen LogP contribution in [-0.2, 0) is 16.1 Å². The van der Waals surface area contributed by atoms with Crippen LogP contribution in [0.25, 0.3) is 0 Å². The third-order valence-electron chi connectivity index (χ3n) is 7.00. The first kappa shape index (κ1) is 25.1. The Morgan fingerprint density at radius 2 is 1.66 bits per heavy atom. The van der Waals surface area contributed by atoms with E-state index >= 15 is 8.78 Å². The van der Waals surface area contributed by atoms with Gasteiger partial charge in [-0.15, -0.1) is 0 Å². The molecular formula is C28H25F2N5O3. The number of amides is 4. The lowest BCUT2D eigenvalue weighted by Gasteiger charge is -2.51. The highest BCUT2D eigenvalue weighted by atomic mass is 19.1. The number of urea groups is 1. The van der Waals surface area contributed by atoms with Gasteiger partial charge in [-0.25, -0.2) is 23.5 Å². The molecule has 0 saturated carbocycles. The van der Waals surface area contributed by atoms with Gasteiger partial charge in [-0.3, -0.25) is 9.59 Å². The molecule has 0 radical (unpaired) electrons. The number of imidazole rings is 1. The van der Waals surface area contributed by atoms with E-state index in [4.69, 9.17) is 0 Å². The predicted molar refractivity (Wildman–Crippen MR) is 135 cm³/mol. The number of piperazine rings is 1. The van der Waals surface area contributed by atoms with Gasteiger partial charge in [0.1, 0.15) is 17.1 Å². The summed E-state index contributed by atoms with van der Waals surface area (Å²) in [6, 6.07) is 9.98. The molecule has 38 heavy (non-hydrogen) atoms. The van der Waals surface area contributed by atoms with Gasteiger partial charge < -0.3 is 14.4 Å². The second-order valence-corrected chi connectivity index (χ2v) is 9.48. The van der Waals surface area contributed by atoms with Crippen LogP contribution < -0.4 is 4.90 Å². The van der Waals surface area contributed by atoms with Crippen molar-refractivity contribution in [3.8, 4) is 11.8 Å². The fourth-order valence-electron chi connectivity index (χ4n) is 4.92. The van der Waals surface area contributed by atoms with Crippen LogP contribution in [-0.4, -0.2) is 62.4 Å². The maximum Gasteiger partial charge on any atom is 0.332 e. The van der Waals surface area contributed by atoms with E-state index in [-0.39, 0.29) is 24.6 Å². The normalized spacial score (nSPS) is 19.4. The van der Waals surface area contributed by atoms with Gasteiger partial charge in [-0.2, -0.15) is 0 Å². The molecule has 194 valence electrons. The zero-order valence-electron chi connectivity index (χ0n) is 20.9. The van der Waals surface area contributed by atoms with Crippen molar-refractivity contribution in [1.82, 2.24) is 19.4 Å². The molecule has 0 aliphatic carbocycles. The fraction of sp³-hybridized carbons (Fsp3) is 0.286. The number of anilines is 1. The number of nitrogens with zero attached hydrogens (tertiary/aromatic N) is 5. The van der Waals surface area contributed by atoms with Gasteiger partial charge in [0.25, 0.3) is 0 Å². The molecule has 10 heteroatoms. The van der Waals surface area contributed by atoms with E-state index < -0.39 is 41.2 Å². The Morgan fingerprint density at radius 3 is 2.32 bits per heavy atom. The van der Waals surface area contributed by atoms with Gasteiger partial charge in [0.15, 0.2) is 11.6 Å². The van der Waals surface area contributed by atoms with Crippen LogP contribution in [0, 0.1) is 30.4 Å². The van der Waals surface area contributed by atoms with Crippen molar-refractivity contribution in [2.75, 3.05) is 24.5 Å². The van der Waals surface area contributed by atoms with Crippen molar-refractivity contribution in [3.05, 3.63) is 83.4 Å². The standard InChI is InChI=1S/C28H25F2N5O3/c1-19-31-10-11-32(19)12-13-33-14-15-34-27(38)35(24(36)18-28(34,2)26(33)37)25-22(29)16-21(17-23(25)30)9-8-20-6-4-3-5-7-20/h3-7,10-11,16-17H,12-15,18H2,1-2H3/t28-/m0/s1. The second kappa shape index (κ2) is 9.74. The smallest absolute Gasteiger partial charge is 0.332 e. The maximum absolute atomic E-state index is 15.1. The average molecular weight is 518 g/mol. The molecule has 0 unspecified atom stereocenters. The summed E-state index contributed by atoms with van der Waals surface area (Å²) in [6.45, 7) is 4.62. The minimum atomic E-state index is -1.44. The minimum absolute atomic E-state index is 0.0614. The molecule has 3 heterocycles. The summed E-state index contributed by atoms with van der Waals surface area (Å²) in [5.74, 6) is 2.91. The molecular weight excluding hydrogens is 492 g/mol. The van der Waals surface area contributed by atoms with Gasteiger partial charge >= 0.3 is 6.03 Å². The van der Waals surface area contributed by atoms with Crippen LogP contribution >= 0.6 is 0 Å². The zero-order valence-corrected chi connectivity index (χ0v) is 20.9. The maximum atomic E-state index is 15.1. The summed E-state index contributed by atoms with van der Waals surface area (Å²) in [7, 11) is 0. The first-order valence-corrected chi connectivity index (χ1v) is 12.2. The number of rotatable bonds is 4. The number of imide groups is 1. The lowest BCUT2D eigenvalue weighted by atomic mass is 9.88. The summed E-state index contributed by atoms with van der Waals surface area (Å²) in [5, 5.41) is 0. The summed E-state index contributed by atoms with van der Waals surface area (Å²) >= 11 is 0. The molecule has 0 N–H and O–H groups in total. The Bertz CT molecular complexity index is 1470. The largest absolute Gasteiger partial charge is 0.337 e. The molecule has 2 fully saturated rings. The molecule has 8 nitrogen and oxygen atoms in total. The molecule has 3 aromatic rings. The number of halogens is 2. The lowest BCUT2D eigenvalue weighted by Crippen LogP contribution is -2.72. The Morgan fingerprint density at radius 1 is 0.974 bits per heavy atom. The van der Waals surface area contributed by atoms with Crippen molar-refractivity contribution >= 4 is 23.5 Å². The molecule has 2 aliphatic heterocycles. The summed E-state index contributed by atoms with van der Waals surface area (Å²) in [5.41, 5.74) is -1.48. The van der Waals surface area contributed by atoms with Crippen LogP contribution in [0.4, 0.5) is 19.3 Å². The highest BCUT2D eigenvalue weighted by Gasteiger charge is 2.55. The zero-order chi connectivity index (χ0) is 27.0. The number of aromatic nitrogens is 2. The van der Waals surface area contributed by atoms with E-state index in [2.05, 4.69) is 16.8 Å². The predicted octanol–water partition coefficient (Wildman–Crippen LogP) is 3.33. The number of carbonyl (C=O) groups excluding carboxylic acids is 3. The minimum Gasteiger partial charge on any atom is -0.337 e. The highest BCUT2D eigenvalue weighted by molar-refractivity contribution is 6.19. The summed E-state index contributed by atoms with van der Waals surface area (Å²) in [6.07, 6.45) is 3.08. The molecule has 0 bridgehead atoms. The topological polar surface area (TPSA) is 78.8 Å². The molecule has 4 amide bonds. The second-order valence-electron chi connectivity index (χ2n) is 9.48. The van der Waals surface area contributed by atoms with E-state index in [1.54, 1.807) is 35.4 Å². The van der Waals surface area contributed by atoms with Crippen LogP contribution in [0.3, 0.4) is 0 Å². The third-order valence-corrected chi connectivity index (χ3v) is 7.00. The Balaban J connectivity index is 1.37. The number of hydrogen-bond acceptors (Lipinski definition) is 4. The number of hydrogen-bond donors (Lipinski definition) is 0. The lowest BCUT2D eigenvalue weighted by molar-refractivity contribution is -0.151. The molecule has 1 aromatic heterocycles. The molecule has 2 saturated heterocycles. The molecule has 0 spiro atoms. The molecule has 1 atom stereocenters. The molecule has 2 aromatic carbocycles. The monoisotopic (exact) mass is 517 g/mol. The number of aryl methyl sites for hydroxylation is 1. The van der Waals surface area contributed by atoms with Gasteiger partial charge in [-0.05, 0) is 38.1 Å². The van der Waals surface area contributed by atoms with Crippen molar-refractivity contribution in [3.63, 3.8) is 0 Å². The van der Waals surface area contributed by atoms with E-state index in [9.17, 15) is 14.4 Å². The summed E-state index contributed by atoms with van der Waals surface area (Å²) in [4.78, 5) is 47.4. The first-order valence-electron chi connectivity index (χ1n) is 12.2. The SMILES string of the molecule is Cc1nccn1CCN1CCN2C(=O)N(c3c(F)cc(C#Cc4ccccc4)cc3F)C(=O)C[C@@]2(C)C1=O.